The first-order chi connectivity index (χ1) is 10.6. The number of para-hydroxylation sites is 1. The summed E-state index contributed by atoms with van der Waals surface area (Å²) in [5.41, 5.74) is 3.58. The molecular weight excluding hydrogens is 292 g/mol. The minimum atomic E-state index is -0.0965. The molecule has 0 fully saturated rings. The van der Waals surface area contributed by atoms with Crippen molar-refractivity contribution in [2.24, 2.45) is 0 Å². The van der Waals surface area contributed by atoms with E-state index in [0.29, 0.717) is 5.69 Å². The van der Waals surface area contributed by atoms with E-state index in [1.807, 2.05) is 60.0 Å². The summed E-state index contributed by atoms with van der Waals surface area (Å²) in [4.78, 5) is 18.6. The van der Waals surface area contributed by atoms with Crippen molar-refractivity contribution in [3.63, 3.8) is 0 Å². The zero-order valence-electron chi connectivity index (χ0n) is 12.5. The van der Waals surface area contributed by atoms with Gasteiger partial charge in [0.1, 0.15) is 10.7 Å². The van der Waals surface area contributed by atoms with Gasteiger partial charge in [0, 0.05) is 23.7 Å². The monoisotopic (exact) mass is 308 g/mol. The van der Waals surface area contributed by atoms with Crippen LogP contribution in [0.4, 0.5) is 5.69 Å². The molecule has 1 amide bonds. The zero-order valence-corrected chi connectivity index (χ0v) is 13.3. The predicted octanol–water partition coefficient (Wildman–Crippen LogP) is 4.40. The Morgan fingerprint density at radius 1 is 1.05 bits per heavy atom. The first kappa shape index (κ1) is 14.5. The highest BCUT2D eigenvalue weighted by Gasteiger charge is 2.17. The molecule has 0 saturated carbocycles. The standard InChI is InChI=1S/C18H16N2OS/c1-13-8-10-14(11-9-13)17-19-16(12-22-17)18(21)20(2)15-6-4-3-5-7-15/h3-12H,1-2H3. The van der Waals surface area contributed by atoms with Crippen molar-refractivity contribution in [3.05, 3.63) is 71.2 Å². The molecular formula is C18H16N2OS. The van der Waals surface area contributed by atoms with Gasteiger partial charge in [0.05, 0.1) is 0 Å². The summed E-state index contributed by atoms with van der Waals surface area (Å²) in [7, 11) is 1.77. The van der Waals surface area contributed by atoms with Gasteiger partial charge in [-0.1, -0.05) is 48.0 Å². The van der Waals surface area contributed by atoms with Gasteiger partial charge in [0.2, 0.25) is 0 Å². The maximum absolute atomic E-state index is 12.5. The van der Waals surface area contributed by atoms with Crippen LogP contribution in [0.3, 0.4) is 0 Å². The third-order valence-corrected chi connectivity index (χ3v) is 4.36. The van der Waals surface area contributed by atoms with E-state index in [-0.39, 0.29) is 5.91 Å². The average Bonchev–Trinajstić information content (AvgIpc) is 3.05. The lowest BCUT2D eigenvalue weighted by Crippen LogP contribution is -2.26. The topological polar surface area (TPSA) is 33.2 Å². The molecule has 3 nitrogen and oxygen atoms in total. The lowest BCUT2D eigenvalue weighted by molar-refractivity contribution is 0.0989. The number of amides is 1. The number of aryl methyl sites for hydroxylation is 1. The van der Waals surface area contributed by atoms with Crippen LogP contribution < -0.4 is 4.90 Å². The lowest BCUT2D eigenvalue weighted by Gasteiger charge is -2.15. The Morgan fingerprint density at radius 2 is 1.73 bits per heavy atom. The minimum absolute atomic E-state index is 0.0965. The minimum Gasteiger partial charge on any atom is -0.310 e. The Hall–Kier alpha value is -2.46. The lowest BCUT2D eigenvalue weighted by atomic mass is 10.2. The molecule has 1 heterocycles. The number of hydrogen-bond donors (Lipinski definition) is 0. The van der Waals surface area contributed by atoms with Crippen molar-refractivity contribution in [2.45, 2.75) is 6.92 Å². The molecule has 0 aliphatic rings. The van der Waals surface area contributed by atoms with Gasteiger partial charge in [-0.2, -0.15) is 0 Å². The predicted molar refractivity (Wildman–Crippen MR) is 91.5 cm³/mol. The number of aromatic nitrogens is 1. The normalized spacial score (nSPS) is 10.5. The summed E-state index contributed by atoms with van der Waals surface area (Å²) in [6, 6.07) is 17.7. The molecule has 3 aromatic rings. The van der Waals surface area contributed by atoms with Crippen LogP contribution in [0.1, 0.15) is 16.1 Å². The van der Waals surface area contributed by atoms with Gasteiger partial charge < -0.3 is 4.90 Å². The van der Waals surface area contributed by atoms with Crippen LogP contribution in [-0.2, 0) is 0 Å². The molecule has 0 unspecified atom stereocenters. The van der Waals surface area contributed by atoms with E-state index in [4.69, 9.17) is 0 Å². The molecule has 0 aliphatic heterocycles. The molecule has 0 aliphatic carbocycles. The fourth-order valence-electron chi connectivity index (χ4n) is 2.14. The van der Waals surface area contributed by atoms with E-state index in [9.17, 15) is 4.79 Å². The largest absolute Gasteiger partial charge is 0.310 e. The maximum atomic E-state index is 12.5. The summed E-state index contributed by atoms with van der Waals surface area (Å²) in [6.07, 6.45) is 0. The van der Waals surface area contributed by atoms with Crippen molar-refractivity contribution in [1.82, 2.24) is 4.98 Å². The fourth-order valence-corrected chi connectivity index (χ4v) is 2.94. The first-order valence-corrected chi connectivity index (χ1v) is 7.89. The summed E-state index contributed by atoms with van der Waals surface area (Å²) in [6.45, 7) is 2.05. The van der Waals surface area contributed by atoms with Gasteiger partial charge in [-0.15, -0.1) is 11.3 Å². The van der Waals surface area contributed by atoms with Crippen molar-refractivity contribution in [1.29, 1.82) is 0 Å². The number of carbonyl (C=O) groups excluding carboxylic acids is 1. The van der Waals surface area contributed by atoms with Gasteiger partial charge in [0.15, 0.2) is 0 Å². The number of thiazole rings is 1. The molecule has 0 saturated heterocycles. The molecule has 3 rings (SSSR count). The van der Waals surface area contributed by atoms with Crippen molar-refractivity contribution in [3.8, 4) is 10.6 Å². The second-order valence-corrected chi connectivity index (χ2v) is 5.96. The molecule has 22 heavy (non-hydrogen) atoms. The fraction of sp³-hybridized carbons (Fsp3) is 0.111. The Bertz CT molecular complexity index is 778. The number of benzene rings is 2. The third kappa shape index (κ3) is 2.92. The molecule has 1 aromatic heterocycles. The summed E-state index contributed by atoms with van der Waals surface area (Å²) >= 11 is 1.49. The van der Waals surface area contributed by atoms with Crippen molar-refractivity contribution < 1.29 is 4.79 Å². The number of rotatable bonds is 3. The Morgan fingerprint density at radius 3 is 2.41 bits per heavy atom. The molecule has 0 radical (unpaired) electrons. The summed E-state index contributed by atoms with van der Waals surface area (Å²) in [5.74, 6) is -0.0965. The van der Waals surface area contributed by atoms with Crippen LogP contribution in [0.25, 0.3) is 10.6 Å². The molecule has 0 bridgehead atoms. The highest BCUT2D eigenvalue weighted by Crippen LogP contribution is 2.25. The first-order valence-electron chi connectivity index (χ1n) is 7.01. The van der Waals surface area contributed by atoms with Crippen LogP contribution in [0.2, 0.25) is 0 Å². The molecule has 2 aromatic carbocycles. The van der Waals surface area contributed by atoms with Gasteiger partial charge in [0.25, 0.3) is 5.91 Å². The average molecular weight is 308 g/mol. The van der Waals surface area contributed by atoms with Crippen molar-refractivity contribution in [2.75, 3.05) is 11.9 Å². The second-order valence-electron chi connectivity index (χ2n) is 5.10. The highest BCUT2D eigenvalue weighted by atomic mass is 32.1. The Labute approximate surface area is 133 Å². The van der Waals surface area contributed by atoms with Gasteiger partial charge >= 0.3 is 0 Å². The van der Waals surface area contributed by atoms with E-state index in [2.05, 4.69) is 11.9 Å². The SMILES string of the molecule is Cc1ccc(-c2nc(C(=O)N(C)c3ccccc3)cs2)cc1. The number of anilines is 1. The number of hydrogen-bond acceptors (Lipinski definition) is 3. The van der Waals surface area contributed by atoms with Gasteiger partial charge in [-0.05, 0) is 19.1 Å². The Kier molecular flexibility index (Phi) is 4.02. The number of nitrogens with zero attached hydrogens (tertiary/aromatic N) is 2. The van der Waals surface area contributed by atoms with Crippen LogP contribution in [-0.4, -0.2) is 17.9 Å². The summed E-state index contributed by atoms with van der Waals surface area (Å²) < 4.78 is 0. The van der Waals surface area contributed by atoms with E-state index in [0.717, 1.165) is 16.3 Å². The van der Waals surface area contributed by atoms with Crippen LogP contribution >= 0.6 is 11.3 Å². The van der Waals surface area contributed by atoms with Gasteiger partial charge in [-0.3, -0.25) is 4.79 Å². The van der Waals surface area contributed by atoms with E-state index >= 15 is 0 Å². The summed E-state index contributed by atoms with van der Waals surface area (Å²) in [5, 5.41) is 2.68. The third-order valence-electron chi connectivity index (χ3n) is 3.47. The molecule has 4 heteroatoms. The van der Waals surface area contributed by atoms with Crippen molar-refractivity contribution >= 4 is 22.9 Å². The maximum Gasteiger partial charge on any atom is 0.277 e. The Balaban J connectivity index is 1.84. The van der Waals surface area contributed by atoms with E-state index in [1.54, 1.807) is 11.9 Å². The van der Waals surface area contributed by atoms with Crippen LogP contribution in [0.15, 0.2) is 60.0 Å². The molecule has 0 N–H and O–H groups in total. The van der Waals surface area contributed by atoms with Crippen LogP contribution in [0.5, 0.6) is 0 Å². The molecule has 110 valence electrons. The second kappa shape index (κ2) is 6.12. The smallest absolute Gasteiger partial charge is 0.277 e. The number of carbonyl (C=O) groups is 1. The molecule has 0 atom stereocenters. The highest BCUT2D eigenvalue weighted by molar-refractivity contribution is 7.13. The van der Waals surface area contributed by atoms with Gasteiger partial charge in [-0.25, -0.2) is 4.98 Å². The van der Waals surface area contributed by atoms with E-state index in [1.165, 1.54) is 16.9 Å². The zero-order chi connectivity index (χ0) is 15.5. The van der Waals surface area contributed by atoms with Crippen LogP contribution in [0, 0.1) is 6.92 Å². The van der Waals surface area contributed by atoms with E-state index < -0.39 is 0 Å². The quantitative estimate of drug-likeness (QED) is 0.718. The molecule has 0 spiro atoms.